The van der Waals surface area contributed by atoms with Gasteiger partial charge in [-0.05, 0) is 37.1 Å². The maximum absolute atomic E-state index is 13.8. The van der Waals surface area contributed by atoms with E-state index in [0.717, 1.165) is 12.1 Å². The zero-order chi connectivity index (χ0) is 17.8. The molecule has 1 aliphatic heterocycles. The molecular weight excluding hydrogens is 326 g/mol. The number of anilines is 1. The van der Waals surface area contributed by atoms with Gasteiger partial charge >= 0.3 is 0 Å². The number of nitrogens with one attached hydrogen (secondary N) is 1. The maximum Gasteiger partial charge on any atom is 0.256 e. The second kappa shape index (κ2) is 7.42. The number of carbonyl (C=O) groups is 2. The van der Waals surface area contributed by atoms with Crippen LogP contribution in [0.4, 0.5) is 14.5 Å². The molecule has 1 atom stereocenters. The molecule has 0 aromatic heterocycles. The Morgan fingerprint density at radius 3 is 2.56 bits per heavy atom. The lowest BCUT2D eigenvalue weighted by Crippen LogP contribution is -2.44. The molecule has 1 fully saturated rings. The van der Waals surface area contributed by atoms with E-state index in [0.29, 0.717) is 31.1 Å². The van der Waals surface area contributed by atoms with Crippen LogP contribution in [0.3, 0.4) is 0 Å². The molecule has 1 saturated heterocycles. The molecule has 0 bridgehead atoms. The van der Waals surface area contributed by atoms with Crippen LogP contribution in [0.5, 0.6) is 0 Å². The molecule has 3 rings (SSSR count). The minimum absolute atomic E-state index is 0.164. The summed E-state index contributed by atoms with van der Waals surface area (Å²) in [6, 6.07) is 12.0. The van der Waals surface area contributed by atoms with Crippen molar-refractivity contribution in [1.29, 1.82) is 0 Å². The average molecular weight is 344 g/mol. The van der Waals surface area contributed by atoms with E-state index in [1.54, 1.807) is 12.1 Å². The third-order valence-corrected chi connectivity index (χ3v) is 4.28. The summed E-state index contributed by atoms with van der Waals surface area (Å²) in [7, 11) is 0. The van der Waals surface area contributed by atoms with Crippen molar-refractivity contribution >= 4 is 17.5 Å². The molecule has 2 aromatic rings. The Labute approximate surface area is 144 Å². The smallest absolute Gasteiger partial charge is 0.256 e. The molecular formula is C19H18F2N2O2. The van der Waals surface area contributed by atoms with Crippen molar-refractivity contribution in [3.63, 3.8) is 0 Å². The predicted molar refractivity (Wildman–Crippen MR) is 90.1 cm³/mol. The SMILES string of the molecule is O=C(Nc1ccccc1)C1CCCN(C(=O)c2ccc(F)cc2F)C1. The van der Waals surface area contributed by atoms with E-state index < -0.39 is 17.5 Å². The van der Waals surface area contributed by atoms with Crippen molar-refractivity contribution < 1.29 is 18.4 Å². The Morgan fingerprint density at radius 2 is 1.84 bits per heavy atom. The van der Waals surface area contributed by atoms with E-state index in [-0.39, 0.29) is 23.9 Å². The van der Waals surface area contributed by atoms with Gasteiger partial charge in [0.2, 0.25) is 5.91 Å². The summed E-state index contributed by atoms with van der Waals surface area (Å²) in [4.78, 5) is 26.4. The van der Waals surface area contributed by atoms with Gasteiger partial charge in [0, 0.05) is 24.8 Å². The molecule has 6 heteroatoms. The van der Waals surface area contributed by atoms with Gasteiger partial charge in [0.15, 0.2) is 0 Å². The normalized spacial score (nSPS) is 17.2. The van der Waals surface area contributed by atoms with Crippen LogP contribution in [0, 0.1) is 17.6 Å². The molecule has 130 valence electrons. The number of rotatable bonds is 3. The molecule has 2 aromatic carbocycles. The summed E-state index contributed by atoms with van der Waals surface area (Å²) in [6.45, 7) is 0.666. The number of para-hydroxylation sites is 1. The highest BCUT2D eigenvalue weighted by molar-refractivity contribution is 5.96. The molecule has 1 aliphatic rings. The van der Waals surface area contributed by atoms with Crippen molar-refractivity contribution in [3.05, 3.63) is 65.7 Å². The van der Waals surface area contributed by atoms with Crippen LogP contribution in [-0.4, -0.2) is 29.8 Å². The number of benzene rings is 2. The molecule has 2 amide bonds. The largest absolute Gasteiger partial charge is 0.338 e. The van der Waals surface area contributed by atoms with Crippen LogP contribution >= 0.6 is 0 Å². The summed E-state index contributed by atoms with van der Waals surface area (Å²) in [5, 5.41) is 2.83. The van der Waals surface area contributed by atoms with Gasteiger partial charge in [0.1, 0.15) is 11.6 Å². The van der Waals surface area contributed by atoms with Gasteiger partial charge in [-0.15, -0.1) is 0 Å². The number of carbonyl (C=O) groups excluding carboxylic acids is 2. The van der Waals surface area contributed by atoms with Gasteiger partial charge in [-0.1, -0.05) is 18.2 Å². The number of piperidine rings is 1. The fraction of sp³-hybridized carbons (Fsp3) is 0.263. The maximum atomic E-state index is 13.8. The van der Waals surface area contributed by atoms with E-state index in [1.165, 1.54) is 4.90 Å². The highest BCUT2D eigenvalue weighted by Gasteiger charge is 2.30. The van der Waals surface area contributed by atoms with E-state index in [9.17, 15) is 18.4 Å². The van der Waals surface area contributed by atoms with Gasteiger partial charge in [-0.25, -0.2) is 8.78 Å². The molecule has 0 radical (unpaired) electrons. The Hall–Kier alpha value is -2.76. The van der Waals surface area contributed by atoms with E-state index in [2.05, 4.69) is 5.32 Å². The van der Waals surface area contributed by atoms with Crippen LogP contribution < -0.4 is 5.32 Å². The minimum atomic E-state index is -0.888. The quantitative estimate of drug-likeness (QED) is 0.927. The van der Waals surface area contributed by atoms with Crippen LogP contribution in [0.2, 0.25) is 0 Å². The number of halogens is 2. The lowest BCUT2D eigenvalue weighted by atomic mass is 9.96. The summed E-state index contributed by atoms with van der Waals surface area (Å²) < 4.78 is 26.8. The van der Waals surface area contributed by atoms with Crippen LogP contribution in [0.1, 0.15) is 23.2 Å². The number of hydrogen-bond donors (Lipinski definition) is 1. The van der Waals surface area contributed by atoms with Crippen molar-refractivity contribution in [3.8, 4) is 0 Å². The highest BCUT2D eigenvalue weighted by atomic mass is 19.1. The number of nitrogens with zero attached hydrogens (tertiary/aromatic N) is 1. The van der Waals surface area contributed by atoms with Gasteiger partial charge in [-0.2, -0.15) is 0 Å². The Bertz CT molecular complexity index is 780. The van der Waals surface area contributed by atoms with Crippen molar-refractivity contribution in [2.24, 2.45) is 5.92 Å². The number of likely N-dealkylation sites (tertiary alicyclic amines) is 1. The molecule has 0 aliphatic carbocycles. The fourth-order valence-corrected chi connectivity index (χ4v) is 2.97. The Morgan fingerprint density at radius 1 is 1.08 bits per heavy atom. The second-order valence-electron chi connectivity index (χ2n) is 6.07. The predicted octanol–water partition coefficient (Wildman–Crippen LogP) is 3.46. The molecule has 4 nitrogen and oxygen atoms in total. The van der Waals surface area contributed by atoms with Gasteiger partial charge < -0.3 is 10.2 Å². The zero-order valence-corrected chi connectivity index (χ0v) is 13.5. The van der Waals surface area contributed by atoms with Crippen LogP contribution in [0.25, 0.3) is 0 Å². The summed E-state index contributed by atoms with van der Waals surface area (Å²) in [5.41, 5.74) is 0.519. The molecule has 1 heterocycles. The van der Waals surface area contributed by atoms with Crippen molar-refractivity contribution in [2.75, 3.05) is 18.4 Å². The summed E-state index contributed by atoms with van der Waals surface area (Å²) in [5.74, 6) is -2.66. The lowest BCUT2D eigenvalue weighted by Gasteiger charge is -2.32. The number of hydrogen-bond acceptors (Lipinski definition) is 2. The summed E-state index contributed by atoms with van der Waals surface area (Å²) in [6.07, 6.45) is 1.32. The lowest BCUT2D eigenvalue weighted by molar-refractivity contribution is -0.121. The van der Waals surface area contributed by atoms with Gasteiger partial charge in [-0.3, -0.25) is 9.59 Å². The molecule has 1 N–H and O–H groups in total. The first-order valence-corrected chi connectivity index (χ1v) is 8.15. The third-order valence-electron chi connectivity index (χ3n) is 4.28. The molecule has 25 heavy (non-hydrogen) atoms. The summed E-state index contributed by atoms with van der Waals surface area (Å²) >= 11 is 0. The minimum Gasteiger partial charge on any atom is -0.338 e. The van der Waals surface area contributed by atoms with E-state index >= 15 is 0 Å². The first-order valence-electron chi connectivity index (χ1n) is 8.15. The van der Waals surface area contributed by atoms with E-state index in [4.69, 9.17) is 0 Å². The molecule has 1 unspecified atom stereocenters. The topological polar surface area (TPSA) is 49.4 Å². The Balaban J connectivity index is 1.68. The second-order valence-corrected chi connectivity index (χ2v) is 6.07. The van der Waals surface area contributed by atoms with Crippen LogP contribution in [-0.2, 0) is 4.79 Å². The fourth-order valence-electron chi connectivity index (χ4n) is 2.97. The van der Waals surface area contributed by atoms with Gasteiger partial charge in [0.05, 0.1) is 11.5 Å². The Kier molecular flexibility index (Phi) is 5.07. The number of amides is 2. The van der Waals surface area contributed by atoms with Gasteiger partial charge in [0.25, 0.3) is 5.91 Å². The first-order chi connectivity index (χ1) is 12.0. The average Bonchev–Trinajstić information content (AvgIpc) is 2.62. The van der Waals surface area contributed by atoms with Crippen LogP contribution in [0.15, 0.2) is 48.5 Å². The highest BCUT2D eigenvalue weighted by Crippen LogP contribution is 2.21. The van der Waals surface area contributed by atoms with Crippen molar-refractivity contribution in [2.45, 2.75) is 12.8 Å². The zero-order valence-electron chi connectivity index (χ0n) is 13.5. The van der Waals surface area contributed by atoms with E-state index in [1.807, 2.05) is 18.2 Å². The molecule has 0 saturated carbocycles. The third kappa shape index (κ3) is 4.02. The van der Waals surface area contributed by atoms with Crippen molar-refractivity contribution in [1.82, 2.24) is 4.90 Å². The standard InChI is InChI=1S/C19H18F2N2O2/c20-14-8-9-16(17(21)11-14)19(25)23-10-4-5-13(12-23)18(24)22-15-6-2-1-3-7-15/h1-3,6-9,11,13H,4-5,10,12H2,(H,22,24). The monoisotopic (exact) mass is 344 g/mol. The first kappa shape index (κ1) is 17.1. The molecule has 0 spiro atoms.